The molecule has 1 N–H and O–H groups in total. The zero-order valence-electron chi connectivity index (χ0n) is 9.53. The number of rotatable bonds is 6. The monoisotopic (exact) mass is 235 g/mol. The van der Waals surface area contributed by atoms with Gasteiger partial charge in [-0.2, -0.15) is 0 Å². The Bertz CT molecular complexity index is 270. The molecule has 0 bridgehead atoms. The van der Waals surface area contributed by atoms with Gasteiger partial charge in [0.25, 0.3) is 0 Å². The molecule has 0 saturated carbocycles. The third kappa shape index (κ3) is 5.49. The lowest BCUT2D eigenvalue weighted by atomic mass is 10.0. The third-order valence-electron chi connectivity index (χ3n) is 2.83. The van der Waals surface area contributed by atoms with Crippen molar-refractivity contribution in [2.45, 2.75) is 25.8 Å². The summed E-state index contributed by atoms with van der Waals surface area (Å²) < 4.78 is 27.1. The molecule has 0 aromatic heterocycles. The average molecular weight is 235 g/mol. The maximum atomic E-state index is 10.9. The third-order valence-corrected chi connectivity index (χ3v) is 3.86. The molecule has 1 fully saturated rings. The standard InChI is InChI=1S/C10H21NO3S/c1-9(10-4-6-14-8-10)11-5-3-7-15(2,12)13/h9-11H,3-8H2,1-2H3. The van der Waals surface area contributed by atoms with E-state index < -0.39 is 9.84 Å². The Hall–Kier alpha value is -0.130. The van der Waals surface area contributed by atoms with E-state index in [9.17, 15) is 8.42 Å². The lowest BCUT2D eigenvalue weighted by Crippen LogP contribution is -2.35. The topological polar surface area (TPSA) is 55.4 Å². The van der Waals surface area contributed by atoms with Crippen molar-refractivity contribution in [3.63, 3.8) is 0 Å². The first-order valence-corrected chi connectivity index (χ1v) is 7.54. The van der Waals surface area contributed by atoms with Gasteiger partial charge in [-0.05, 0) is 32.2 Å². The lowest BCUT2D eigenvalue weighted by molar-refractivity contribution is 0.178. The second kappa shape index (κ2) is 5.82. The molecule has 1 aliphatic rings. The minimum absolute atomic E-state index is 0.272. The van der Waals surface area contributed by atoms with E-state index in [-0.39, 0.29) is 5.75 Å². The summed E-state index contributed by atoms with van der Waals surface area (Å²) in [6, 6.07) is 0.423. The van der Waals surface area contributed by atoms with E-state index in [0.29, 0.717) is 18.4 Å². The average Bonchev–Trinajstić information content (AvgIpc) is 2.63. The summed E-state index contributed by atoms with van der Waals surface area (Å²) in [5.41, 5.74) is 0. The quantitative estimate of drug-likeness (QED) is 0.679. The van der Waals surface area contributed by atoms with Crippen LogP contribution < -0.4 is 5.32 Å². The molecule has 1 heterocycles. The maximum absolute atomic E-state index is 10.9. The second-order valence-corrected chi connectivity index (χ2v) is 6.61. The SMILES string of the molecule is CC(NCCCS(C)(=O)=O)C1CCOC1. The van der Waals surface area contributed by atoms with Gasteiger partial charge in [-0.15, -0.1) is 0 Å². The van der Waals surface area contributed by atoms with Crippen LogP contribution in [0, 0.1) is 5.92 Å². The van der Waals surface area contributed by atoms with Crippen molar-refractivity contribution >= 4 is 9.84 Å². The van der Waals surface area contributed by atoms with Gasteiger partial charge in [0.15, 0.2) is 0 Å². The smallest absolute Gasteiger partial charge is 0.147 e. The Labute approximate surface area is 92.3 Å². The molecule has 0 aromatic rings. The molecule has 1 aliphatic heterocycles. The molecule has 0 aliphatic carbocycles. The summed E-state index contributed by atoms with van der Waals surface area (Å²) in [6.45, 7) is 4.60. The van der Waals surface area contributed by atoms with Crippen molar-refractivity contribution in [3.05, 3.63) is 0 Å². The molecule has 0 aromatic carbocycles. The van der Waals surface area contributed by atoms with Gasteiger partial charge >= 0.3 is 0 Å². The number of hydrogen-bond donors (Lipinski definition) is 1. The van der Waals surface area contributed by atoms with E-state index >= 15 is 0 Å². The Morgan fingerprint density at radius 3 is 2.80 bits per heavy atom. The summed E-state index contributed by atoms with van der Waals surface area (Å²) in [7, 11) is -2.81. The van der Waals surface area contributed by atoms with E-state index in [0.717, 1.165) is 26.2 Å². The molecule has 1 saturated heterocycles. The van der Waals surface area contributed by atoms with Crippen molar-refractivity contribution < 1.29 is 13.2 Å². The van der Waals surface area contributed by atoms with Crippen molar-refractivity contribution in [2.75, 3.05) is 31.8 Å². The highest BCUT2D eigenvalue weighted by Gasteiger charge is 2.21. The summed E-state index contributed by atoms with van der Waals surface area (Å²) in [5, 5.41) is 3.35. The van der Waals surface area contributed by atoms with Gasteiger partial charge in [0.05, 0.1) is 12.4 Å². The highest BCUT2D eigenvalue weighted by Crippen LogP contribution is 2.16. The fraction of sp³-hybridized carbons (Fsp3) is 1.00. The molecule has 5 heteroatoms. The van der Waals surface area contributed by atoms with Crippen LogP contribution in [-0.4, -0.2) is 46.2 Å². The fourth-order valence-corrected chi connectivity index (χ4v) is 2.45. The minimum atomic E-state index is -2.81. The van der Waals surface area contributed by atoms with Crippen LogP contribution in [0.15, 0.2) is 0 Å². The van der Waals surface area contributed by atoms with Gasteiger partial charge in [-0.3, -0.25) is 0 Å². The molecule has 2 atom stereocenters. The number of sulfone groups is 1. The Kier molecular flexibility index (Phi) is 5.02. The van der Waals surface area contributed by atoms with Crippen LogP contribution in [0.3, 0.4) is 0 Å². The Morgan fingerprint density at radius 2 is 2.27 bits per heavy atom. The number of ether oxygens (including phenoxy) is 1. The van der Waals surface area contributed by atoms with Crippen molar-refractivity contribution in [1.82, 2.24) is 5.32 Å². The van der Waals surface area contributed by atoms with Crippen molar-refractivity contribution in [1.29, 1.82) is 0 Å². The predicted octanol–water partition coefficient (Wildman–Crippen LogP) is 0.436. The molecule has 15 heavy (non-hydrogen) atoms. The molecule has 0 radical (unpaired) electrons. The van der Waals surface area contributed by atoms with E-state index in [1.807, 2.05) is 0 Å². The van der Waals surface area contributed by atoms with E-state index in [2.05, 4.69) is 12.2 Å². The summed E-state index contributed by atoms with van der Waals surface area (Å²) in [4.78, 5) is 0. The first kappa shape index (κ1) is 12.9. The van der Waals surface area contributed by atoms with Gasteiger partial charge in [0.1, 0.15) is 9.84 Å². The first-order valence-electron chi connectivity index (χ1n) is 5.48. The minimum Gasteiger partial charge on any atom is -0.381 e. The van der Waals surface area contributed by atoms with Crippen molar-refractivity contribution in [2.24, 2.45) is 5.92 Å². The van der Waals surface area contributed by atoms with Gasteiger partial charge < -0.3 is 10.1 Å². The van der Waals surface area contributed by atoms with E-state index in [1.165, 1.54) is 6.26 Å². The van der Waals surface area contributed by atoms with Crippen LogP contribution in [0.1, 0.15) is 19.8 Å². The van der Waals surface area contributed by atoms with Gasteiger partial charge in [0, 0.05) is 18.9 Å². The molecule has 90 valence electrons. The molecule has 4 nitrogen and oxygen atoms in total. The molecule has 1 rings (SSSR count). The van der Waals surface area contributed by atoms with E-state index in [1.54, 1.807) is 0 Å². The lowest BCUT2D eigenvalue weighted by Gasteiger charge is -2.18. The molecule has 0 amide bonds. The summed E-state index contributed by atoms with van der Waals surface area (Å²) in [5.74, 6) is 0.858. The van der Waals surface area contributed by atoms with Crippen LogP contribution >= 0.6 is 0 Å². The van der Waals surface area contributed by atoms with Gasteiger partial charge in [-0.1, -0.05) is 0 Å². The highest BCUT2D eigenvalue weighted by atomic mass is 32.2. The van der Waals surface area contributed by atoms with Crippen LogP contribution in [0.4, 0.5) is 0 Å². The normalized spacial score (nSPS) is 24.3. The van der Waals surface area contributed by atoms with Gasteiger partial charge in [-0.25, -0.2) is 8.42 Å². The first-order chi connectivity index (χ1) is 6.99. The Morgan fingerprint density at radius 1 is 1.53 bits per heavy atom. The summed E-state index contributed by atoms with van der Waals surface area (Å²) >= 11 is 0. The second-order valence-electron chi connectivity index (χ2n) is 4.35. The molecule has 0 spiro atoms. The van der Waals surface area contributed by atoms with Gasteiger partial charge in [0.2, 0.25) is 0 Å². The maximum Gasteiger partial charge on any atom is 0.147 e. The molecular formula is C10H21NO3S. The van der Waals surface area contributed by atoms with E-state index in [4.69, 9.17) is 4.74 Å². The van der Waals surface area contributed by atoms with Crippen molar-refractivity contribution in [3.8, 4) is 0 Å². The highest BCUT2D eigenvalue weighted by molar-refractivity contribution is 7.90. The molecule has 2 unspecified atom stereocenters. The predicted molar refractivity (Wildman–Crippen MR) is 60.7 cm³/mol. The van der Waals surface area contributed by atoms with Crippen LogP contribution in [-0.2, 0) is 14.6 Å². The van der Waals surface area contributed by atoms with Crippen LogP contribution in [0.5, 0.6) is 0 Å². The zero-order chi connectivity index (χ0) is 11.3. The number of hydrogen-bond acceptors (Lipinski definition) is 4. The Balaban J connectivity index is 2.09. The largest absolute Gasteiger partial charge is 0.381 e. The number of nitrogens with one attached hydrogen (secondary N) is 1. The zero-order valence-corrected chi connectivity index (χ0v) is 10.3. The van der Waals surface area contributed by atoms with Crippen LogP contribution in [0.2, 0.25) is 0 Å². The van der Waals surface area contributed by atoms with Crippen LogP contribution in [0.25, 0.3) is 0 Å². The summed E-state index contributed by atoms with van der Waals surface area (Å²) in [6.07, 6.45) is 3.08. The molecular weight excluding hydrogens is 214 g/mol. The fourth-order valence-electron chi connectivity index (χ4n) is 1.78.